The molecule has 2 aromatic carbocycles. The number of carbonyl (C=O) groups excluding carboxylic acids is 2. The van der Waals surface area contributed by atoms with Gasteiger partial charge in [-0.1, -0.05) is 30.0 Å². The lowest BCUT2D eigenvalue weighted by Crippen LogP contribution is -2.27. The van der Waals surface area contributed by atoms with Gasteiger partial charge in [-0.15, -0.1) is 0 Å². The smallest absolute Gasteiger partial charge is 0.265 e. The summed E-state index contributed by atoms with van der Waals surface area (Å²) in [5.74, 6) is -0.194. The van der Waals surface area contributed by atoms with Crippen molar-refractivity contribution in [2.75, 3.05) is 11.1 Å². The van der Waals surface area contributed by atoms with Crippen LogP contribution in [0, 0.1) is 0 Å². The van der Waals surface area contributed by atoms with Crippen LogP contribution in [0.4, 0.5) is 5.69 Å². The van der Waals surface area contributed by atoms with Crippen molar-refractivity contribution in [1.82, 2.24) is 19.3 Å². The molecule has 1 atom stereocenters. The first-order valence-corrected chi connectivity index (χ1v) is 10.9. The van der Waals surface area contributed by atoms with Gasteiger partial charge in [-0.05, 0) is 36.4 Å². The van der Waals surface area contributed by atoms with Gasteiger partial charge in [-0.2, -0.15) is 5.10 Å². The van der Waals surface area contributed by atoms with Crippen molar-refractivity contribution < 1.29 is 9.59 Å². The number of para-hydroxylation sites is 1. The highest BCUT2D eigenvalue weighted by Crippen LogP contribution is 2.33. The zero-order chi connectivity index (χ0) is 22.2. The van der Waals surface area contributed by atoms with Crippen LogP contribution in [0.5, 0.6) is 0 Å². The summed E-state index contributed by atoms with van der Waals surface area (Å²) in [5, 5.41) is 8.13. The van der Waals surface area contributed by atoms with Crippen molar-refractivity contribution in [3.63, 3.8) is 0 Å². The van der Waals surface area contributed by atoms with E-state index in [-0.39, 0.29) is 23.9 Å². The first-order valence-electron chi connectivity index (χ1n) is 9.89. The molecule has 32 heavy (non-hydrogen) atoms. The van der Waals surface area contributed by atoms with Crippen LogP contribution in [0.15, 0.2) is 70.7 Å². The number of aromatic nitrogens is 4. The van der Waals surface area contributed by atoms with E-state index in [1.807, 2.05) is 30.3 Å². The number of nitrogens with two attached hydrogens (primary N) is 1. The zero-order valence-electron chi connectivity index (χ0n) is 16.8. The number of rotatable bonds is 5. The Bertz CT molecular complexity index is 1400. The van der Waals surface area contributed by atoms with Crippen molar-refractivity contribution >= 4 is 40.3 Å². The molecule has 3 N–H and O–H groups in total. The summed E-state index contributed by atoms with van der Waals surface area (Å²) in [6.45, 7) is 0. The predicted octanol–water partition coefficient (Wildman–Crippen LogP) is 2.36. The molecule has 0 fully saturated rings. The van der Waals surface area contributed by atoms with E-state index in [0.29, 0.717) is 33.2 Å². The van der Waals surface area contributed by atoms with Crippen LogP contribution in [0.1, 0.15) is 22.8 Å². The normalized spacial score (nSPS) is 14.9. The van der Waals surface area contributed by atoms with E-state index < -0.39 is 5.91 Å². The Morgan fingerprint density at radius 3 is 2.59 bits per heavy atom. The Morgan fingerprint density at radius 1 is 1.12 bits per heavy atom. The number of hydrogen-bond donors (Lipinski definition) is 2. The molecule has 0 saturated carbocycles. The van der Waals surface area contributed by atoms with Gasteiger partial charge in [0.15, 0.2) is 10.8 Å². The third kappa shape index (κ3) is 3.54. The van der Waals surface area contributed by atoms with Crippen LogP contribution in [-0.2, 0) is 4.79 Å². The minimum atomic E-state index is -0.531. The van der Waals surface area contributed by atoms with Crippen molar-refractivity contribution in [2.24, 2.45) is 5.73 Å². The zero-order valence-corrected chi connectivity index (χ0v) is 17.6. The summed E-state index contributed by atoms with van der Waals surface area (Å²) >= 11 is 1.45. The van der Waals surface area contributed by atoms with Gasteiger partial charge in [0, 0.05) is 23.4 Å². The minimum absolute atomic E-state index is 0.123. The van der Waals surface area contributed by atoms with Crippen molar-refractivity contribution in [3.05, 3.63) is 76.7 Å². The molecule has 10 heteroatoms. The molecule has 0 bridgehead atoms. The molecule has 2 amide bonds. The average Bonchev–Trinajstić information content (AvgIpc) is 3.40. The van der Waals surface area contributed by atoms with Gasteiger partial charge in [0.25, 0.3) is 5.56 Å². The van der Waals surface area contributed by atoms with E-state index in [1.54, 1.807) is 33.5 Å². The SMILES string of the molecule is NC(=O)c1ccc(NC(=O)CC2CSc3nc4c(cnn4-c4ccccc4)c(=O)n32)cc1. The summed E-state index contributed by atoms with van der Waals surface area (Å²) in [4.78, 5) is 41.6. The standard InChI is InChI=1S/C22H18N6O3S/c23-19(30)13-6-8-14(9-7-13)25-18(29)10-16-12-32-22-26-20-17(21(31)27(16)22)11-24-28(20)15-4-2-1-3-5-15/h1-9,11,16H,10,12H2,(H2,23,30)(H,25,29). The van der Waals surface area contributed by atoms with E-state index in [1.165, 1.54) is 18.0 Å². The van der Waals surface area contributed by atoms with Crippen molar-refractivity contribution in [3.8, 4) is 5.69 Å². The Kier molecular flexibility index (Phi) is 4.98. The lowest BCUT2D eigenvalue weighted by Gasteiger charge is -2.13. The number of thioether (sulfide) groups is 1. The molecule has 1 aliphatic rings. The number of benzene rings is 2. The lowest BCUT2D eigenvalue weighted by molar-refractivity contribution is -0.116. The molecular weight excluding hydrogens is 428 g/mol. The van der Waals surface area contributed by atoms with Gasteiger partial charge in [0.2, 0.25) is 11.8 Å². The highest BCUT2D eigenvalue weighted by molar-refractivity contribution is 7.99. The third-order valence-electron chi connectivity index (χ3n) is 5.25. The summed E-state index contributed by atoms with van der Waals surface area (Å²) in [7, 11) is 0. The summed E-state index contributed by atoms with van der Waals surface area (Å²) in [5.41, 5.74) is 7.26. The van der Waals surface area contributed by atoms with Gasteiger partial charge in [0.1, 0.15) is 5.39 Å². The van der Waals surface area contributed by atoms with Crippen LogP contribution in [0.25, 0.3) is 16.7 Å². The highest BCUT2D eigenvalue weighted by Gasteiger charge is 2.29. The number of hydrogen-bond acceptors (Lipinski definition) is 6. The molecule has 0 radical (unpaired) electrons. The molecule has 160 valence electrons. The van der Waals surface area contributed by atoms with E-state index in [4.69, 9.17) is 5.73 Å². The van der Waals surface area contributed by atoms with E-state index >= 15 is 0 Å². The Balaban J connectivity index is 1.39. The number of fused-ring (bicyclic) bond motifs is 2. The second-order valence-corrected chi connectivity index (χ2v) is 8.34. The Hall–Kier alpha value is -3.92. The maximum atomic E-state index is 13.2. The fraction of sp³-hybridized carbons (Fsp3) is 0.136. The highest BCUT2D eigenvalue weighted by atomic mass is 32.2. The molecule has 0 saturated heterocycles. The number of nitrogens with zero attached hydrogens (tertiary/aromatic N) is 4. The van der Waals surface area contributed by atoms with Crippen LogP contribution in [0.3, 0.4) is 0 Å². The van der Waals surface area contributed by atoms with Crippen LogP contribution in [-0.4, -0.2) is 36.9 Å². The fourth-order valence-electron chi connectivity index (χ4n) is 3.68. The van der Waals surface area contributed by atoms with E-state index in [0.717, 1.165) is 5.69 Å². The van der Waals surface area contributed by atoms with Gasteiger partial charge in [-0.25, -0.2) is 9.67 Å². The molecule has 2 aromatic heterocycles. The molecule has 0 aliphatic carbocycles. The van der Waals surface area contributed by atoms with Gasteiger partial charge < -0.3 is 11.1 Å². The summed E-state index contributed by atoms with van der Waals surface area (Å²) in [6, 6.07) is 15.5. The molecular formula is C22H18N6O3S. The quantitative estimate of drug-likeness (QED) is 0.454. The summed E-state index contributed by atoms with van der Waals surface area (Å²) < 4.78 is 3.23. The molecule has 0 spiro atoms. The fourth-order valence-corrected chi connectivity index (χ4v) is 4.81. The predicted molar refractivity (Wildman–Crippen MR) is 121 cm³/mol. The monoisotopic (exact) mass is 446 g/mol. The van der Waals surface area contributed by atoms with Gasteiger partial charge in [-0.3, -0.25) is 19.0 Å². The van der Waals surface area contributed by atoms with Gasteiger partial charge in [0.05, 0.1) is 17.9 Å². The number of amides is 2. The second-order valence-electron chi connectivity index (χ2n) is 7.36. The lowest BCUT2D eigenvalue weighted by atomic mass is 10.2. The van der Waals surface area contributed by atoms with Gasteiger partial charge >= 0.3 is 0 Å². The maximum absolute atomic E-state index is 13.2. The minimum Gasteiger partial charge on any atom is -0.366 e. The Morgan fingerprint density at radius 2 is 1.88 bits per heavy atom. The first-order chi connectivity index (χ1) is 15.5. The molecule has 4 aromatic rings. The molecule has 5 rings (SSSR count). The second kappa shape index (κ2) is 7.97. The number of primary amides is 1. The van der Waals surface area contributed by atoms with E-state index in [2.05, 4.69) is 15.4 Å². The number of carbonyl (C=O) groups is 2. The van der Waals surface area contributed by atoms with Crippen molar-refractivity contribution in [1.29, 1.82) is 0 Å². The number of anilines is 1. The van der Waals surface area contributed by atoms with Crippen molar-refractivity contribution in [2.45, 2.75) is 17.6 Å². The molecule has 1 unspecified atom stereocenters. The average molecular weight is 446 g/mol. The number of nitrogens with one attached hydrogen (secondary N) is 1. The third-order valence-corrected chi connectivity index (χ3v) is 6.34. The maximum Gasteiger partial charge on any atom is 0.265 e. The first kappa shape index (κ1) is 20.0. The van der Waals surface area contributed by atoms with E-state index in [9.17, 15) is 14.4 Å². The topological polar surface area (TPSA) is 125 Å². The molecule has 9 nitrogen and oxygen atoms in total. The largest absolute Gasteiger partial charge is 0.366 e. The molecule has 1 aliphatic heterocycles. The van der Waals surface area contributed by atoms with Crippen LogP contribution in [0.2, 0.25) is 0 Å². The Labute approximate surface area is 186 Å². The molecule has 3 heterocycles. The summed E-state index contributed by atoms with van der Waals surface area (Å²) in [6.07, 6.45) is 1.64. The van der Waals surface area contributed by atoms with Crippen LogP contribution < -0.4 is 16.6 Å². The van der Waals surface area contributed by atoms with Crippen LogP contribution >= 0.6 is 11.8 Å².